The number of hydrogen-bond acceptors (Lipinski definition) is 1. The Morgan fingerprint density at radius 3 is 1.95 bits per heavy atom. The van der Waals surface area contributed by atoms with Crippen molar-refractivity contribution in [2.24, 2.45) is 0 Å². The maximum atomic E-state index is 13.1. The molecule has 0 atom stereocenters. The van der Waals surface area contributed by atoms with Gasteiger partial charge in [-0.2, -0.15) is 0 Å². The summed E-state index contributed by atoms with van der Waals surface area (Å²) >= 11 is 0. The summed E-state index contributed by atoms with van der Waals surface area (Å²) in [5.74, 6) is -0.147. The first-order valence-electron chi connectivity index (χ1n) is 6.95. The average molecular weight is 265 g/mol. The van der Waals surface area contributed by atoms with E-state index in [-0.39, 0.29) is 11.7 Å². The molecule has 0 aromatic heterocycles. The van der Waals surface area contributed by atoms with Gasteiger partial charge in [-0.05, 0) is 30.5 Å². The number of hydrogen-bond donors (Lipinski definition) is 0. The van der Waals surface area contributed by atoms with E-state index in [9.17, 15) is 9.18 Å². The number of carbonyl (C=O) groups is 1. The van der Waals surface area contributed by atoms with Crippen molar-refractivity contribution >= 4 is 5.91 Å². The van der Waals surface area contributed by atoms with Crippen molar-refractivity contribution in [2.75, 3.05) is 14.1 Å². The van der Waals surface area contributed by atoms with Gasteiger partial charge in [0.2, 0.25) is 5.91 Å². The predicted molar refractivity (Wildman–Crippen MR) is 76.6 cm³/mol. The summed E-state index contributed by atoms with van der Waals surface area (Å²) in [6.07, 6.45) is 3.45. The predicted octanol–water partition coefficient (Wildman–Crippen LogP) is 3.75. The smallest absolute Gasteiger partial charge is 0.232 e. The molecule has 0 unspecified atom stereocenters. The molecule has 0 N–H and O–H groups in total. The van der Waals surface area contributed by atoms with Gasteiger partial charge in [0, 0.05) is 14.1 Å². The van der Waals surface area contributed by atoms with Crippen molar-refractivity contribution in [3.05, 3.63) is 35.6 Å². The molecule has 2 nitrogen and oxygen atoms in total. The Hall–Kier alpha value is -1.38. The number of amides is 1. The molecule has 0 bridgehead atoms. The SMILES string of the molecule is CCCC(CCC)(C(=O)N(C)C)c1ccc(F)cc1. The summed E-state index contributed by atoms with van der Waals surface area (Å²) in [7, 11) is 3.57. The summed E-state index contributed by atoms with van der Waals surface area (Å²) in [5, 5.41) is 0. The molecule has 3 heteroatoms. The molecule has 1 rings (SSSR count). The Labute approximate surface area is 115 Å². The number of halogens is 1. The average Bonchev–Trinajstić information content (AvgIpc) is 2.38. The van der Waals surface area contributed by atoms with Crippen molar-refractivity contribution < 1.29 is 9.18 Å². The van der Waals surface area contributed by atoms with Crippen LogP contribution in [0.1, 0.15) is 45.1 Å². The van der Waals surface area contributed by atoms with Crippen LogP contribution in [0.25, 0.3) is 0 Å². The fourth-order valence-corrected chi connectivity index (χ4v) is 2.80. The first-order valence-corrected chi connectivity index (χ1v) is 6.95. The topological polar surface area (TPSA) is 20.3 Å². The van der Waals surface area contributed by atoms with Gasteiger partial charge in [-0.1, -0.05) is 38.8 Å². The van der Waals surface area contributed by atoms with Gasteiger partial charge >= 0.3 is 0 Å². The standard InChI is InChI=1S/C16H24FNO/c1-5-11-16(12-6-2,15(19)18(3)4)13-7-9-14(17)10-8-13/h7-10H,5-6,11-12H2,1-4H3. The largest absolute Gasteiger partial charge is 0.348 e. The minimum atomic E-state index is -0.513. The lowest BCUT2D eigenvalue weighted by Crippen LogP contribution is -2.43. The summed E-state index contributed by atoms with van der Waals surface area (Å²) in [6, 6.07) is 6.39. The van der Waals surface area contributed by atoms with Crippen molar-refractivity contribution in [3.8, 4) is 0 Å². The third-order valence-electron chi connectivity index (χ3n) is 3.57. The molecule has 1 amide bonds. The van der Waals surface area contributed by atoms with E-state index in [1.54, 1.807) is 31.1 Å². The third-order valence-corrected chi connectivity index (χ3v) is 3.57. The molecular formula is C16H24FNO. The molecule has 1 aromatic rings. The van der Waals surface area contributed by atoms with E-state index in [1.807, 2.05) is 0 Å². The van der Waals surface area contributed by atoms with Crippen LogP contribution in [0.3, 0.4) is 0 Å². The molecule has 0 aliphatic carbocycles. The van der Waals surface area contributed by atoms with E-state index in [2.05, 4.69) is 13.8 Å². The lowest BCUT2D eigenvalue weighted by molar-refractivity contribution is -0.135. The van der Waals surface area contributed by atoms with Crippen LogP contribution in [0.4, 0.5) is 4.39 Å². The molecule has 19 heavy (non-hydrogen) atoms. The zero-order chi connectivity index (χ0) is 14.5. The highest BCUT2D eigenvalue weighted by Gasteiger charge is 2.39. The molecule has 106 valence electrons. The minimum absolute atomic E-state index is 0.114. The number of rotatable bonds is 6. The number of likely N-dealkylation sites (N-methyl/N-ethyl adjacent to an activating group) is 1. The first kappa shape index (κ1) is 15.7. The molecule has 1 aromatic carbocycles. The van der Waals surface area contributed by atoms with Gasteiger partial charge in [0.15, 0.2) is 0 Å². The van der Waals surface area contributed by atoms with E-state index >= 15 is 0 Å². The van der Waals surface area contributed by atoms with Gasteiger partial charge in [-0.15, -0.1) is 0 Å². The maximum Gasteiger partial charge on any atom is 0.232 e. The van der Waals surface area contributed by atoms with Gasteiger partial charge in [0.1, 0.15) is 5.82 Å². The van der Waals surface area contributed by atoms with Gasteiger partial charge in [0.05, 0.1) is 5.41 Å². The first-order chi connectivity index (χ1) is 8.97. The summed E-state index contributed by atoms with van der Waals surface area (Å²) in [6.45, 7) is 4.16. The highest BCUT2D eigenvalue weighted by atomic mass is 19.1. The summed E-state index contributed by atoms with van der Waals surface area (Å²) in [4.78, 5) is 14.3. The maximum absolute atomic E-state index is 13.1. The molecule has 0 aliphatic rings. The van der Waals surface area contributed by atoms with Crippen LogP contribution in [0.2, 0.25) is 0 Å². The second kappa shape index (κ2) is 6.69. The van der Waals surface area contributed by atoms with E-state index in [0.29, 0.717) is 0 Å². The lowest BCUT2D eigenvalue weighted by Gasteiger charge is -2.35. The van der Waals surface area contributed by atoms with Crippen LogP contribution in [0.15, 0.2) is 24.3 Å². The number of nitrogens with zero attached hydrogens (tertiary/aromatic N) is 1. The van der Waals surface area contributed by atoms with E-state index in [0.717, 1.165) is 31.2 Å². The summed E-state index contributed by atoms with van der Waals surface area (Å²) in [5.41, 5.74) is 0.414. The molecule has 0 radical (unpaired) electrons. The van der Waals surface area contributed by atoms with Crippen LogP contribution in [0, 0.1) is 5.82 Å². The molecular weight excluding hydrogens is 241 g/mol. The Bertz CT molecular complexity index is 405. The molecule has 0 saturated carbocycles. The van der Waals surface area contributed by atoms with Gasteiger partial charge < -0.3 is 4.90 Å². The van der Waals surface area contributed by atoms with Gasteiger partial charge in [0.25, 0.3) is 0 Å². The van der Waals surface area contributed by atoms with Crippen LogP contribution in [0.5, 0.6) is 0 Å². The zero-order valence-corrected chi connectivity index (χ0v) is 12.4. The Balaban J connectivity index is 3.29. The minimum Gasteiger partial charge on any atom is -0.348 e. The van der Waals surface area contributed by atoms with Crippen LogP contribution >= 0.6 is 0 Å². The normalized spacial score (nSPS) is 11.4. The van der Waals surface area contributed by atoms with E-state index in [4.69, 9.17) is 0 Å². The van der Waals surface area contributed by atoms with Crippen LogP contribution in [-0.2, 0) is 10.2 Å². The fraction of sp³-hybridized carbons (Fsp3) is 0.562. The Morgan fingerprint density at radius 1 is 1.11 bits per heavy atom. The van der Waals surface area contributed by atoms with Crippen LogP contribution < -0.4 is 0 Å². The highest BCUT2D eigenvalue weighted by Crippen LogP contribution is 2.36. The Morgan fingerprint density at radius 2 is 1.58 bits per heavy atom. The fourth-order valence-electron chi connectivity index (χ4n) is 2.80. The zero-order valence-electron chi connectivity index (χ0n) is 12.4. The van der Waals surface area contributed by atoms with Crippen molar-refractivity contribution in [1.82, 2.24) is 4.90 Å². The monoisotopic (exact) mass is 265 g/mol. The third kappa shape index (κ3) is 3.34. The lowest BCUT2D eigenvalue weighted by atomic mass is 9.72. The quantitative estimate of drug-likeness (QED) is 0.767. The van der Waals surface area contributed by atoms with Crippen LogP contribution in [-0.4, -0.2) is 24.9 Å². The van der Waals surface area contributed by atoms with E-state index in [1.165, 1.54) is 12.1 Å². The molecule has 0 spiro atoms. The number of benzene rings is 1. The van der Waals surface area contributed by atoms with Gasteiger partial charge in [-0.3, -0.25) is 4.79 Å². The molecule has 0 saturated heterocycles. The van der Waals surface area contributed by atoms with Crippen molar-refractivity contribution in [3.63, 3.8) is 0 Å². The van der Waals surface area contributed by atoms with Gasteiger partial charge in [-0.25, -0.2) is 4.39 Å². The Kier molecular flexibility index (Phi) is 5.52. The van der Waals surface area contributed by atoms with Crippen molar-refractivity contribution in [1.29, 1.82) is 0 Å². The highest BCUT2D eigenvalue weighted by molar-refractivity contribution is 5.87. The molecule has 0 aliphatic heterocycles. The molecule has 0 heterocycles. The van der Waals surface area contributed by atoms with Crippen molar-refractivity contribution in [2.45, 2.75) is 44.9 Å². The summed E-state index contributed by atoms with van der Waals surface area (Å²) < 4.78 is 13.1. The second-order valence-corrected chi connectivity index (χ2v) is 5.29. The second-order valence-electron chi connectivity index (χ2n) is 5.29. The number of carbonyl (C=O) groups excluding carboxylic acids is 1. The van der Waals surface area contributed by atoms with E-state index < -0.39 is 5.41 Å². The molecule has 0 fully saturated rings.